The summed E-state index contributed by atoms with van der Waals surface area (Å²) in [6, 6.07) is 0. The molecule has 0 saturated heterocycles. The Bertz CT molecular complexity index is 266. The second kappa shape index (κ2) is 15.1. The maximum Gasteiger partial charge on any atom is 0.0198 e. The van der Waals surface area contributed by atoms with Gasteiger partial charge >= 0.3 is 0 Å². The molecule has 0 aromatic carbocycles. The van der Waals surface area contributed by atoms with Gasteiger partial charge in [0.15, 0.2) is 0 Å². The van der Waals surface area contributed by atoms with E-state index in [-0.39, 0.29) is 0 Å². The summed E-state index contributed by atoms with van der Waals surface area (Å²) in [5.74, 6) is 1.63. The minimum atomic E-state index is 0.814. The highest BCUT2D eigenvalue weighted by atomic mass is 15.1. The van der Waals surface area contributed by atoms with Crippen LogP contribution >= 0.6 is 0 Å². The topological polar surface area (TPSA) is 3.24 Å². The van der Waals surface area contributed by atoms with E-state index in [1.54, 1.807) is 5.57 Å². The molecule has 1 heteroatoms. The molecular weight excluding hydrogens is 278 g/mol. The van der Waals surface area contributed by atoms with Gasteiger partial charge in [0.1, 0.15) is 0 Å². The zero-order chi connectivity index (χ0) is 17.5. The Labute approximate surface area is 147 Å². The molecule has 138 valence electrons. The number of allylic oxidation sites excluding steroid dienone is 1. The second-order valence-corrected chi connectivity index (χ2v) is 7.69. The summed E-state index contributed by atoms with van der Waals surface area (Å²) >= 11 is 0. The van der Waals surface area contributed by atoms with Crippen molar-refractivity contribution in [3.8, 4) is 0 Å². The summed E-state index contributed by atoms with van der Waals surface area (Å²) in [4.78, 5) is 2.66. The largest absolute Gasteiger partial charge is 0.377 e. The van der Waals surface area contributed by atoms with Crippen LogP contribution in [0.1, 0.15) is 106 Å². The summed E-state index contributed by atoms with van der Waals surface area (Å²) in [6.45, 7) is 16.6. The van der Waals surface area contributed by atoms with E-state index >= 15 is 0 Å². The van der Waals surface area contributed by atoms with Crippen LogP contribution in [0, 0.1) is 11.8 Å². The minimum Gasteiger partial charge on any atom is -0.377 e. The summed E-state index contributed by atoms with van der Waals surface area (Å²) in [5.41, 5.74) is 1.65. The minimum absolute atomic E-state index is 0.814. The van der Waals surface area contributed by atoms with Crippen molar-refractivity contribution in [2.45, 2.75) is 106 Å². The van der Waals surface area contributed by atoms with Crippen LogP contribution in [0.3, 0.4) is 0 Å². The fourth-order valence-corrected chi connectivity index (χ4v) is 3.26. The Hall–Kier alpha value is -0.460. The van der Waals surface area contributed by atoms with Crippen molar-refractivity contribution in [3.05, 3.63) is 11.8 Å². The fourth-order valence-electron chi connectivity index (χ4n) is 3.26. The summed E-state index contributed by atoms with van der Waals surface area (Å²) in [7, 11) is 0. The first-order valence-electron chi connectivity index (χ1n) is 10.5. The zero-order valence-corrected chi connectivity index (χ0v) is 17.2. The Morgan fingerprint density at radius 2 is 1.26 bits per heavy atom. The smallest absolute Gasteiger partial charge is 0.0198 e. The molecule has 0 aromatic heterocycles. The lowest BCUT2D eigenvalue weighted by Gasteiger charge is -2.28. The molecular formula is C22H45N. The molecule has 0 saturated carbocycles. The van der Waals surface area contributed by atoms with E-state index in [1.807, 2.05) is 0 Å². The van der Waals surface area contributed by atoms with E-state index in [9.17, 15) is 0 Å². The SMILES string of the molecule is CCCC/C(=C/N(CC(C)CCCC)CC(C)CCCC)CC. The highest BCUT2D eigenvalue weighted by Gasteiger charge is 2.12. The molecule has 23 heavy (non-hydrogen) atoms. The zero-order valence-electron chi connectivity index (χ0n) is 17.2. The van der Waals surface area contributed by atoms with Crippen LogP contribution in [0.15, 0.2) is 11.8 Å². The Kier molecular flexibility index (Phi) is 14.8. The molecule has 2 atom stereocenters. The molecule has 0 aliphatic rings. The van der Waals surface area contributed by atoms with Gasteiger partial charge in [0.25, 0.3) is 0 Å². The lowest BCUT2D eigenvalue weighted by Crippen LogP contribution is -2.28. The Morgan fingerprint density at radius 1 is 0.783 bits per heavy atom. The van der Waals surface area contributed by atoms with Crippen molar-refractivity contribution >= 4 is 0 Å². The summed E-state index contributed by atoms with van der Waals surface area (Å²) < 4.78 is 0. The predicted molar refractivity (Wildman–Crippen MR) is 107 cm³/mol. The standard InChI is InChI=1S/C22H45N/c1-7-11-14-20(5)17-23(18-21(6)15-12-8-2)19-22(10-4)16-13-9-3/h19-21H,7-18H2,1-6H3/b22-19+. The first kappa shape index (κ1) is 22.5. The molecule has 0 fully saturated rings. The average molecular weight is 324 g/mol. The first-order valence-corrected chi connectivity index (χ1v) is 10.5. The van der Waals surface area contributed by atoms with Gasteiger partial charge in [0.2, 0.25) is 0 Å². The van der Waals surface area contributed by atoms with Crippen molar-refractivity contribution in [2.75, 3.05) is 13.1 Å². The lowest BCUT2D eigenvalue weighted by atomic mass is 10.0. The van der Waals surface area contributed by atoms with E-state index < -0.39 is 0 Å². The highest BCUT2D eigenvalue weighted by Crippen LogP contribution is 2.18. The maximum absolute atomic E-state index is 2.66. The molecule has 2 unspecified atom stereocenters. The van der Waals surface area contributed by atoms with Gasteiger partial charge in [0.05, 0.1) is 0 Å². The third-order valence-electron chi connectivity index (χ3n) is 4.86. The van der Waals surface area contributed by atoms with Crippen molar-refractivity contribution in [3.63, 3.8) is 0 Å². The van der Waals surface area contributed by atoms with Crippen LogP contribution in [0.25, 0.3) is 0 Å². The van der Waals surface area contributed by atoms with Gasteiger partial charge in [-0.05, 0) is 50.1 Å². The average Bonchev–Trinajstić information content (AvgIpc) is 2.54. The van der Waals surface area contributed by atoms with Gasteiger partial charge in [-0.2, -0.15) is 0 Å². The molecule has 0 aliphatic carbocycles. The Morgan fingerprint density at radius 3 is 1.65 bits per heavy atom. The van der Waals surface area contributed by atoms with Crippen LogP contribution in [0.5, 0.6) is 0 Å². The van der Waals surface area contributed by atoms with Gasteiger partial charge in [0, 0.05) is 13.1 Å². The van der Waals surface area contributed by atoms with Crippen molar-refractivity contribution in [2.24, 2.45) is 11.8 Å². The van der Waals surface area contributed by atoms with E-state index in [1.165, 1.54) is 77.3 Å². The number of hydrogen-bond donors (Lipinski definition) is 0. The summed E-state index contributed by atoms with van der Waals surface area (Å²) in [6.07, 6.45) is 15.8. The van der Waals surface area contributed by atoms with Crippen molar-refractivity contribution in [1.82, 2.24) is 4.90 Å². The van der Waals surface area contributed by atoms with Crippen LogP contribution < -0.4 is 0 Å². The first-order chi connectivity index (χ1) is 11.1. The monoisotopic (exact) mass is 323 g/mol. The van der Waals surface area contributed by atoms with E-state index in [0.717, 1.165) is 11.8 Å². The van der Waals surface area contributed by atoms with Crippen LogP contribution in [0.2, 0.25) is 0 Å². The molecule has 0 aromatic rings. The second-order valence-electron chi connectivity index (χ2n) is 7.69. The van der Waals surface area contributed by atoms with Crippen molar-refractivity contribution in [1.29, 1.82) is 0 Å². The number of unbranched alkanes of at least 4 members (excludes halogenated alkanes) is 3. The summed E-state index contributed by atoms with van der Waals surface area (Å²) in [5, 5.41) is 0. The van der Waals surface area contributed by atoms with E-state index in [0.29, 0.717) is 0 Å². The molecule has 0 amide bonds. The van der Waals surface area contributed by atoms with E-state index in [2.05, 4.69) is 52.6 Å². The van der Waals surface area contributed by atoms with Crippen LogP contribution in [0.4, 0.5) is 0 Å². The van der Waals surface area contributed by atoms with Gasteiger partial charge in [-0.3, -0.25) is 0 Å². The Balaban J connectivity index is 4.71. The molecule has 0 bridgehead atoms. The maximum atomic E-state index is 2.66. The van der Waals surface area contributed by atoms with Crippen LogP contribution in [-0.2, 0) is 0 Å². The van der Waals surface area contributed by atoms with E-state index in [4.69, 9.17) is 0 Å². The van der Waals surface area contributed by atoms with Gasteiger partial charge in [-0.1, -0.05) is 79.2 Å². The quantitative estimate of drug-likeness (QED) is 0.303. The molecule has 1 nitrogen and oxygen atoms in total. The number of nitrogens with zero attached hydrogens (tertiary/aromatic N) is 1. The highest BCUT2D eigenvalue weighted by molar-refractivity contribution is 5.01. The molecule has 0 N–H and O–H groups in total. The molecule has 0 spiro atoms. The van der Waals surface area contributed by atoms with Gasteiger partial charge in [-0.15, -0.1) is 0 Å². The number of hydrogen-bond acceptors (Lipinski definition) is 1. The third-order valence-corrected chi connectivity index (χ3v) is 4.86. The lowest BCUT2D eigenvalue weighted by molar-refractivity contribution is 0.260. The normalized spacial score (nSPS) is 14.8. The van der Waals surface area contributed by atoms with Gasteiger partial charge < -0.3 is 4.90 Å². The molecule has 0 heterocycles. The number of rotatable bonds is 15. The molecule has 0 rings (SSSR count). The van der Waals surface area contributed by atoms with Crippen molar-refractivity contribution < 1.29 is 0 Å². The molecule has 0 radical (unpaired) electrons. The predicted octanol–water partition coefficient (Wildman–Crippen LogP) is 7.43. The van der Waals surface area contributed by atoms with Gasteiger partial charge in [-0.25, -0.2) is 0 Å². The van der Waals surface area contributed by atoms with Crippen LogP contribution in [-0.4, -0.2) is 18.0 Å². The molecule has 0 aliphatic heterocycles. The third kappa shape index (κ3) is 12.6. The fraction of sp³-hybridized carbons (Fsp3) is 0.909.